The lowest BCUT2D eigenvalue weighted by Gasteiger charge is -2.12. The van der Waals surface area contributed by atoms with E-state index in [1.54, 1.807) is 7.11 Å². The molecule has 84 valence electrons. The number of rotatable bonds is 6. The summed E-state index contributed by atoms with van der Waals surface area (Å²) in [6.45, 7) is 2.77. The molecule has 0 aliphatic rings. The maximum atomic E-state index is 5.72. The molecule has 1 rings (SSSR count). The topological polar surface area (TPSA) is 18.5 Å². The number of halogens is 1. The Morgan fingerprint density at radius 1 is 1.27 bits per heavy atom. The number of para-hydroxylation sites is 1. The second-order valence-electron chi connectivity index (χ2n) is 3.35. The lowest BCUT2D eigenvalue weighted by atomic mass is 10.2. The molecule has 0 bridgehead atoms. The zero-order chi connectivity index (χ0) is 11.1. The van der Waals surface area contributed by atoms with Crippen LogP contribution < -0.4 is 9.47 Å². The number of unbranched alkanes of at least 4 members (excludes halogenated alkanes) is 1. The maximum absolute atomic E-state index is 5.72. The van der Waals surface area contributed by atoms with Gasteiger partial charge in [0, 0.05) is 5.33 Å². The molecule has 1 aromatic carbocycles. The van der Waals surface area contributed by atoms with E-state index in [9.17, 15) is 0 Å². The zero-order valence-electron chi connectivity index (χ0n) is 9.25. The van der Waals surface area contributed by atoms with Gasteiger partial charge in [-0.05, 0) is 31.4 Å². The lowest BCUT2D eigenvalue weighted by Crippen LogP contribution is -2.01. The number of ether oxygens (including phenoxy) is 2. The van der Waals surface area contributed by atoms with Crippen LogP contribution in [-0.2, 0) is 0 Å². The number of hydrogen-bond acceptors (Lipinski definition) is 2. The van der Waals surface area contributed by atoms with Gasteiger partial charge in [0.2, 0.25) is 0 Å². The van der Waals surface area contributed by atoms with Crippen LogP contribution in [0.2, 0.25) is 0 Å². The number of methoxy groups -OCH3 is 1. The lowest BCUT2D eigenvalue weighted by molar-refractivity contribution is 0.287. The SMILES string of the molecule is COc1cccc(C)c1OCCCCBr. The monoisotopic (exact) mass is 272 g/mol. The third-order valence-corrected chi connectivity index (χ3v) is 2.73. The third kappa shape index (κ3) is 3.74. The van der Waals surface area contributed by atoms with E-state index in [1.807, 2.05) is 25.1 Å². The van der Waals surface area contributed by atoms with Gasteiger partial charge in [-0.2, -0.15) is 0 Å². The van der Waals surface area contributed by atoms with E-state index in [0.29, 0.717) is 0 Å². The molecule has 15 heavy (non-hydrogen) atoms. The Bertz CT molecular complexity index is 300. The van der Waals surface area contributed by atoms with E-state index in [2.05, 4.69) is 15.9 Å². The Balaban J connectivity index is 2.58. The normalized spacial score (nSPS) is 10.1. The highest BCUT2D eigenvalue weighted by Gasteiger charge is 2.06. The van der Waals surface area contributed by atoms with Crippen LogP contribution in [0.5, 0.6) is 11.5 Å². The van der Waals surface area contributed by atoms with Gasteiger partial charge < -0.3 is 9.47 Å². The minimum absolute atomic E-state index is 0.743. The summed E-state index contributed by atoms with van der Waals surface area (Å²) < 4.78 is 11.0. The van der Waals surface area contributed by atoms with Crippen LogP contribution in [0.15, 0.2) is 18.2 Å². The van der Waals surface area contributed by atoms with Crippen molar-refractivity contribution in [1.29, 1.82) is 0 Å². The van der Waals surface area contributed by atoms with Crippen molar-refractivity contribution < 1.29 is 9.47 Å². The van der Waals surface area contributed by atoms with Gasteiger partial charge in [-0.25, -0.2) is 0 Å². The summed E-state index contributed by atoms with van der Waals surface area (Å²) in [6, 6.07) is 5.93. The van der Waals surface area contributed by atoms with Gasteiger partial charge in [0.1, 0.15) is 0 Å². The van der Waals surface area contributed by atoms with Crippen LogP contribution in [0, 0.1) is 6.92 Å². The molecule has 0 saturated heterocycles. The number of benzene rings is 1. The van der Waals surface area contributed by atoms with Crippen LogP contribution in [0.3, 0.4) is 0 Å². The van der Waals surface area contributed by atoms with Crippen molar-refractivity contribution in [3.8, 4) is 11.5 Å². The predicted molar refractivity (Wildman–Crippen MR) is 66.3 cm³/mol. The third-order valence-electron chi connectivity index (χ3n) is 2.17. The van der Waals surface area contributed by atoms with E-state index in [4.69, 9.17) is 9.47 Å². The fourth-order valence-electron chi connectivity index (χ4n) is 1.34. The van der Waals surface area contributed by atoms with Crippen molar-refractivity contribution in [2.45, 2.75) is 19.8 Å². The Morgan fingerprint density at radius 3 is 2.73 bits per heavy atom. The quantitative estimate of drug-likeness (QED) is 0.583. The van der Waals surface area contributed by atoms with E-state index in [0.717, 1.165) is 41.8 Å². The van der Waals surface area contributed by atoms with Gasteiger partial charge >= 0.3 is 0 Å². The molecule has 1 aromatic rings. The molecule has 0 N–H and O–H groups in total. The first-order valence-electron chi connectivity index (χ1n) is 5.12. The highest BCUT2D eigenvalue weighted by atomic mass is 79.9. The minimum atomic E-state index is 0.743. The molecular formula is C12H17BrO2. The molecule has 0 amide bonds. The van der Waals surface area contributed by atoms with Crippen LogP contribution in [0.4, 0.5) is 0 Å². The summed E-state index contributed by atoms with van der Waals surface area (Å²) in [6.07, 6.45) is 2.19. The second-order valence-corrected chi connectivity index (χ2v) is 4.14. The standard InChI is InChI=1S/C12H17BrO2/c1-10-6-5-7-11(14-2)12(10)15-9-4-3-8-13/h5-7H,3-4,8-9H2,1-2H3. The Morgan fingerprint density at radius 2 is 2.07 bits per heavy atom. The van der Waals surface area contributed by atoms with Gasteiger partial charge in [0.25, 0.3) is 0 Å². The summed E-state index contributed by atoms with van der Waals surface area (Å²) in [5.41, 5.74) is 1.12. The number of alkyl halides is 1. The molecule has 0 aliphatic heterocycles. The van der Waals surface area contributed by atoms with E-state index >= 15 is 0 Å². The highest BCUT2D eigenvalue weighted by molar-refractivity contribution is 9.09. The molecule has 0 saturated carbocycles. The largest absolute Gasteiger partial charge is 0.493 e. The molecule has 0 atom stereocenters. The van der Waals surface area contributed by atoms with Crippen molar-refractivity contribution in [3.05, 3.63) is 23.8 Å². The summed E-state index contributed by atoms with van der Waals surface area (Å²) in [5.74, 6) is 1.68. The smallest absolute Gasteiger partial charge is 0.164 e. The minimum Gasteiger partial charge on any atom is -0.493 e. The average Bonchev–Trinajstić information content (AvgIpc) is 2.26. The molecule has 3 heteroatoms. The molecule has 0 aliphatic carbocycles. The van der Waals surface area contributed by atoms with Gasteiger partial charge in [-0.3, -0.25) is 0 Å². The summed E-state index contributed by atoms with van der Waals surface area (Å²) >= 11 is 3.40. The van der Waals surface area contributed by atoms with Gasteiger partial charge in [-0.1, -0.05) is 28.1 Å². The number of hydrogen-bond donors (Lipinski definition) is 0. The molecule has 0 unspecified atom stereocenters. The van der Waals surface area contributed by atoms with Crippen molar-refractivity contribution >= 4 is 15.9 Å². The highest BCUT2D eigenvalue weighted by Crippen LogP contribution is 2.30. The molecular weight excluding hydrogens is 256 g/mol. The Labute approximate surface area is 99.7 Å². The van der Waals surface area contributed by atoms with Crippen molar-refractivity contribution in [2.24, 2.45) is 0 Å². The molecule has 0 fully saturated rings. The van der Waals surface area contributed by atoms with E-state index in [-0.39, 0.29) is 0 Å². The summed E-state index contributed by atoms with van der Waals surface area (Å²) in [5, 5.41) is 1.03. The van der Waals surface area contributed by atoms with Gasteiger partial charge in [-0.15, -0.1) is 0 Å². The fourth-order valence-corrected chi connectivity index (χ4v) is 1.74. The van der Waals surface area contributed by atoms with Crippen LogP contribution in [0.25, 0.3) is 0 Å². The predicted octanol–water partition coefficient (Wildman–Crippen LogP) is 3.56. The van der Waals surface area contributed by atoms with E-state index in [1.165, 1.54) is 0 Å². The molecule has 2 nitrogen and oxygen atoms in total. The average molecular weight is 273 g/mol. The summed E-state index contributed by atoms with van der Waals surface area (Å²) in [4.78, 5) is 0. The zero-order valence-corrected chi connectivity index (χ0v) is 10.8. The first kappa shape index (κ1) is 12.4. The molecule has 0 spiro atoms. The van der Waals surface area contributed by atoms with Crippen LogP contribution in [-0.4, -0.2) is 19.0 Å². The van der Waals surface area contributed by atoms with Crippen molar-refractivity contribution in [3.63, 3.8) is 0 Å². The van der Waals surface area contributed by atoms with Crippen LogP contribution >= 0.6 is 15.9 Å². The second kappa shape index (κ2) is 6.72. The maximum Gasteiger partial charge on any atom is 0.164 e. The van der Waals surface area contributed by atoms with Crippen molar-refractivity contribution in [1.82, 2.24) is 0 Å². The summed E-state index contributed by atoms with van der Waals surface area (Å²) in [7, 11) is 1.67. The number of aryl methyl sites for hydroxylation is 1. The van der Waals surface area contributed by atoms with Gasteiger partial charge in [0.15, 0.2) is 11.5 Å². The Hall–Kier alpha value is -0.700. The molecule has 0 radical (unpaired) electrons. The van der Waals surface area contributed by atoms with Crippen molar-refractivity contribution in [2.75, 3.05) is 19.0 Å². The molecule has 0 heterocycles. The first-order valence-corrected chi connectivity index (χ1v) is 6.24. The van der Waals surface area contributed by atoms with Crippen LogP contribution in [0.1, 0.15) is 18.4 Å². The Kier molecular flexibility index (Phi) is 5.54. The van der Waals surface area contributed by atoms with E-state index < -0.39 is 0 Å². The van der Waals surface area contributed by atoms with Gasteiger partial charge in [0.05, 0.1) is 13.7 Å². The fraction of sp³-hybridized carbons (Fsp3) is 0.500. The first-order chi connectivity index (χ1) is 7.29. The molecule has 0 aromatic heterocycles.